The molecule has 0 amide bonds. The third-order valence-electron chi connectivity index (χ3n) is 9.03. The van der Waals surface area contributed by atoms with Crippen LogP contribution < -0.4 is 0 Å². The molecule has 6 aromatic carbocycles. The fraction of sp³-hybridized carbons (Fsp3) is 0.0870. The molecule has 7 rings (SSSR count). The van der Waals surface area contributed by atoms with E-state index in [0.29, 0.717) is 5.82 Å². The Kier molecular flexibility index (Phi) is 8.89. The molecule has 0 aliphatic carbocycles. The number of hydrogen-bond acceptors (Lipinski definition) is 2. The van der Waals surface area contributed by atoms with Gasteiger partial charge >= 0.3 is 0 Å². The quantitative estimate of drug-likeness (QED) is 0.158. The highest BCUT2D eigenvalue weighted by Gasteiger charge is 2.14. The molecule has 0 spiro atoms. The summed E-state index contributed by atoms with van der Waals surface area (Å²) in [5.41, 5.74) is 11.0. The monoisotopic (exact) mass is 618 g/mol. The average Bonchev–Trinajstić information content (AvgIpc) is 3.16. The maximum atomic E-state index is 5.25. The first-order valence-electron chi connectivity index (χ1n) is 16.7. The van der Waals surface area contributed by atoms with Gasteiger partial charge in [0.1, 0.15) is 0 Å². The fourth-order valence-electron chi connectivity index (χ4n) is 6.26. The van der Waals surface area contributed by atoms with Gasteiger partial charge in [0.05, 0.1) is 11.4 Å². The number of aromatic nitrogens is 2. The lowest BCUT2D eigenvalue weighted by molar-refractivity contribution is 1.10. The van der Waals surface area contributed by atoms with Gasteiger partial charge in [0.25, 0.3) is 0 Å². The highest BCUT2D eigenvalue weighted by Crippen LogP contribution is 2.35. The van der Waals surface area contributed by atoms with Crippen molar-refractivity contribution in [1.29, 1.82) is 0 Å². The molecule has 0 fully saturated rings. The average molecular weight is 619 g/mol. The summed E-state index contributed by atoms with van der Waals surface area (Å²) in [4.78, 5) is 10.5. The number of hydrogen-bond donors (Lipinski definition) is 0. The first-order valence-corrected chi connectivity index (χ1v) is 16.7. The van der Waals surface area contributed by atoms with Gasteiger partial charge in [0, 0.05) is 16.7 Å². The van der Waals surface area contributed by atoms with Crippen molar-refractivity contribution in [3.05, 3.63) is 175 Å². The summed E-state index contributed by atoms with van der Waals surface area (Å²) in [5, 5.41) is 4.78. The molecule has 2 nitrogen and oxygen atoms in total. The normalized spacial score (nSPS) is 12.3. The molecule has 1 heterocycles. The van der Waals surface area contributed by atoms with Crippen LogP contribution in [-0.4, -0.2) is 9.97 Å². The Labute approximate surface area is 283 Å². The summed E-state index contributed by atoms with van der Waals surface area (Å²) >= 11 is 0. The summed E-state index contributed by atoms with van der Waals surface area (Å²) in [7, 11) is 0. The predicted molar refractivity (Wildman–Crippen MR) is 206 cm³/mol. The van der Waals surface area contributed by atoms with E-state index in [1.807, 2.05) is 0 Å². The Morgan fingerprint density at radius 2 is 1.15 bits per heavy atom. The van der Waals surface area contributed by atoms with Crippen molar-refractivity contribution in [2.24, 2.45) is 0 Å². The molecular formula is C46H38N2. The van der Waals surface area contributed by atoms with Gasteiger partial charge in [-0.15, -0.1) is 0 Å². The van der Waals surface area contributed by atoms with Crippen LogP contribution in [0.4, 0.5) is 0 Å². The second-order valence-corrected chi connectivity index (χ2v) is 12.1. The molecule has 2 heteroatoms. The summed E-state index contributed by atoms with van der Waals surface area (Å²) < 4.78 is 0. The zero-order valence-electron chi connectivity index (χ0n) is 27.7. The van der Waals surface area contributed by atoms with Crippen molar-refractivity contribution in [2.45, 2.75) is 27.2 Å². The van der Waals surface area contributed by atoms with Crippen molar-refractivity contribution < 1.29 is 0 Å². The fourth-order valence-corrected chi connectivity index (χ4v) is 6.26. The van der Waals surface area contributed by atoms with Crippen molar-refractivity contribution in [1.82, 2.24) is 9.97 Å². The van der Waals surface area contributed by atoms with E-state index in [1.54, 1.807) is 0 Å². The van der Waals surface area contributed by atoms with Crippen molar-refractivity contribution in [3.8, 4) is 45.0 Å². The second-order valence-electron chi connectivity index (χ2n) is 12.1. The lowest BCUT2D eigenvalue weighted by Gasteiger charge is -2.13. The second kappa shape index (κ2) is 13.9. The molecule has 0 unspecified atom stereocenters. The minimum Gasteiger partial charge on any atom is -0.228 e. The van der Waals surface area contributed by atoms with Gasteiger partial charge in [-0.2, -0.15) is 0 Å². The molecule has 0 bridgehead atoms. The van der Waals surface area contributed by atoms with Gasteiger partial charge in [0.2, 0.25) is 0 Å². The van der Waals surface area contributed by atoms with E-state index in [2.05, 4.69) is 185 Å². The van der Waals surface area contributed by atoms with Crippen molar-refractivity contribution in [3.63, 3.8) is 0 Å². The molecule has 7 aromatic rings. The summed E-state index contributed by atoms with van der Waals surface area (Å²) in [6, 6.07) is 49.4. The van der Waals surface area contributed by atoms with Crippen LogP contribution in [0.2, 0.25) is 0 Å². The standard InChI is InChI=1S/C46H38N2/c1-4-32(3)15-10-18-33(5-2)36-21-11-23-38(29-36)44-31-45(48-46(47-44)43-28-14-20-35-17-7-9-26-41(35)43)39-24-12-22-37(30-39)42-27-13-19-34-16-6-8-25-40(34)42/h5-31H,4H2,1-3H3/b18-10-,32-15+,33-5+. The number of nitrogens with zero attached hydrogens (tertiary/aromatic N) is 2. The maximum absolute atomic E-state index is 5.25. The number of rotatable bonds is 8. The molecular weight excluding hydrogens is 581 g/mol. The van der Waals surface area contributed by atoms with Crippen LogP contribution in [0.5, 0.6) is 0 Å². The van der Waals surface area contributed by atoms with E-state index in [-0.39, 0.29) is 0 Å². The summed E-state index contributed by atoms with van der Waals surface area (Å²) in [6.07, 6.45) is 9.73. The lowest BCUT2D eigenvalue weighted by Crippen LogP contribution is -1.97. The first kappa shape index (κ1) is 30.8. The van der Waals surface area contributed by atoms with Crippen LogP contribution in [0.3, 0.4) is 0 Å². The zero-order valence-corrected chi connectivity index (χ0v) is 27.7. The van der Waals surface area contributed by atoms with E-state index in [0.717, 1.165) is 51.0 Å². The predicted octanol–water partition coefficient (Wildman–Crippen LogP) is 12.8. The van der Waals surface area contributed by atoms with Crippen LogP contribution in [0.25, 0.3) is 72.1 Å². The molecule has 232 valence electrons. The molecule has 0 radical (unpaired) electrons. The Morgan fingerprint density at radius 1 is 0.583 bits per heavy atom. The van der Waals surface area contributed by atoms with Gasteiger partial charge in [-0.1, -0.05) is 158 Å². The summed E-state index contributed by atoms with van der Waals surface area (Å²) in [6.45, 7) is 6.44. The third-order valence-corrected chi connectivity index (χ3v) is 9.03. The maximum Gasteiger partial charge on any atom is 0.161 e. The third kappa shape index (κ3) is 6.38. The Hall–Kier alpha value is -5.86. The Bertz CT molecular complexity index is 2340. The Morgan fingerprint density at radius 3 is 1.83 bits per heavy atom. The van der Waals surface area contributed by atoms with E-state index in [9.17, 15) is 0 Å². The highest BCUT2D eigenvalue weighted by molar-refractivity contribution is 5.98. The van der Waals surface area contributed by atoms with Gasteiger partial charge in [-0.3, -0.25) is 0 Å². The van der Waals surface area contributed by atoms with Crippen molar-refractivity contribution >= 4 is 27.1 Å². The highest BCUT2D eigenvalue weighted by atomic mass is 14.9. The van der Waals surface area contributed by atoms with Crippen molar-refractivity contribution in [2.75, 3.05) is 0 Å². The lowest BCUT2D eigenvalue weighted by atomic mass is 9.96. The van der Waals surface area contributed by atoms with Crippen LogP contribution in [0.1, 0.15) is 32.8 Å². The minimum absolute atomic E-state index is 0.714. The first-order chi connectivity index (χ1) is 23.6. The molecule has 0 saturated carbocycles. The SMILES string of the molecule is C\C=C(/C=C\C=C(/C)CC)c1cccc(-c2cc(-c3cccc(-c4cccc5ccccc45)c3)nc(-c3cccc4ccccc34)n2)c1. The molecule has 48 heavy (non-hydrogen) atoms. The van der Waals surface area contributed by atoms with Gasteiger partial charge in [0.15, 0.2) is 5.82 Å². The van der Waals surface area contributed by atoms with E-state index < -0.39 is 0 Å². The van der Waals surface area contributed by atoms with Gasteiger partial charge in [-0.25, -0.2) is 9.97 Å². The molecule has 0 N–H and O–H groups in total. The molecule has 0 aliphatic heterocycles. The zero-order chi connectivity index (χ0) is 32.9. The minimum atomic E-state index is 0.714. The number of fused-ring (bicyclic) bond motifs is 2. The topological polar surface area (TPSA) is 25.8 Å². The van der Waals surface area contributed by atoms with Crippen LogP contribution >= 0.6 is 0 Å². The van der Waals surface area contributed by atoms with Gasteiger partial charge < -0.3 is 0 Å². The molecule has 0 atom stereocenters. The number of benzene rings is 6. The van der Waals surface area contributed by atoms with Gasteiger partial charge in [-0.05, 0) is 82.3 Å². The molecule has 1 aromatic heterocycles. The van der Waals surface area contributed by atoms with E-state index >= 15 is 0 Å². The largest absolute Gasteiger partial charge is 0.228 e. The van der Waals surface area contributed by atoms with Crippen LogP contribution in [0.15, 0.2) is 169 Å². The van der Waals surface area contributed by atoms with E-state index in [1.165, 1.54) is 32.9 Å². The number of allylic oxidation sites excluding steroid dienone is 6. The molecule has 0 aliphatic rings. The van der Waals surface area contributed by atoms with Crippen LogP contribution in [-0.2, 0) is 0 Å². The molecule has 0 saturated heterocycles. The Balaban J connectivity index is 1.38. The van der Waals surface area contributed by atoms with E-state index in [4.69, 9.17) is 9.97 Å². The summed E-state index contributed by atoms with van der Waals surface area (Å²) in [5.74, 6) is 0.714. The van der Waals surface area contributed by atoms with Crippen LogP contribution in [0, 0.1) is 0 Å². The smallest absolute Gasteiger partial charge is 0.161 e.